The predicted octanol–water partition coefficient (Wildman–Crippen LogP) is 1.92. The fraction of sp³-hybridized carbons (Fsp3) is 0.267. The van der Waals surface area contributed by atoms with E-state index in [1.807, 2.05) is 6.07 Å². The van der Waals surface area contributed by atoms with Crippen LogP contribution in [-0.2, 0) is 16.6 Å². The van der Waals surface area contributed by atoms with Crippen molar-refractivity contribution in [1.29, 1.82) is 0 Å². The first-order valence-electron chi connectivity index (χ1n) is 6.56. The summed E-state index contributed by atoms with van der Waals surface area (Å²) in [6.07, 6.45) is 3.28. The first-order chi connectivity index (χ1) is 10.5. The molecule has 2 aromatic rings. The molecule has 0 bridgehead atoms. The molecule has 0 N–H and O–H groups in total. The third-order valence-electron chi connectivity index (χ3n) is 3.19. The van der Waals surface area contributed by atoms with Crippen LogP contribution < -0.4 is 9.47 Å². The molecule has 0 radical (unpaired) electrons. The van der Waals surface area contributed by atoms with Crippen LogP contribution >= 0.6 is 0 Å². The molecule has 1 aromatic heterocycles. The maximum Gasteiger partial charge on any atom is 0.246 e. The maximum atomic E-state index is 12.7. The molecule has 1 aromatic carbocycles. The summed E-state index contributed by atoms with van der Waals surface area (Å²) in [6, 6.07) is 8.21. The van der Waals surface area contributed by atoms with E-state index in [0.29, 0.717) is 5.75 Å². The van der Waals surface area contributed by atoms with Crippen molar-refractivity contribution in [3.8, 4) is 11.5 Å². The van der Waals surface area contributed by atoms with Gasteiger partial charge in [0.1, 0.15) is 16.4 Å². The molecule has 0 amide bonds. The molecule has 0 atom stereocenters. The Morgan fingerprint density at radius 2 is 1.95 bits per heavy atom. The van der Waals surface area contributed by atoms with Gasteiger partial charge in [0.05, 0.1) is 14.2 Å². The van der Waals surface area contributed by atoms with E-state index in [9.17, 15) is 8.42 Å². The largest absolute Gasteiger partial charge is 0.497 e. The topological polar surface area (TPSA) is 68.7 Å². The average Bonchev–Trinajstić information content (AvgIpc) is 2.55. The number of methoxy groups -OCH3 is 2. The Balaban J connectivity index is 2.33. The lowest BCUT2D eigenvalue weighted by molar-refractivity contribution is 0.383. The Kier molecular flexibility index (Phi) is 4.99. The summed E-state index contributed by atoms with van der Waals surface area (Å²) >= 11 is 0. The van der Waals surface area contributed by atoms with Gasteiger partial charge in [0.15, 0.2) is 0 Å². The zero-order valence-corrected chi connectivity index (χ0v) is 13.5. The van der Waals surface area contributed by atoms with E-state index in [1.54, 1.807) is 30.6 Å². The van der Waals surface area contributed by atoms with Crippen molar-refractivity contribution in [1.82, 2.24) is 9.29 Å². The number of rotatable bonds is 6. The van der Waals surface area contributed by atoms with Crippen LogP contribution in [0.15, 0.2) is 47.6 Å². The van der Waals surface area contributed by atoms with Crippen molar-refractivity contribution >= 4 is 10.0 Å². The zero-order valence-electron chi connectivity index (χ0n) is 12.7. The van der Waals surface area contributed by atoms with E-state index >= 15 is 0 Å². The summed E-state index contributed by atoms with van der Waals surface area (Å²) in [5.74, 6) is 0.781. The quantitative estimate of drug-likeness (QED) is 0.813. The molecule has 0 aliphatic rings. The number of ether oxygens (including phenoxy) is 2. The monoisotopic (exact) mass is 322 g/mol. The van der Waals surface area contributed by atoms with Crippen LogP contribution in [-0.4, -0.2) is 39.0 Å². The van der Waals surface area contributed by atoms with Crippen molar-refractivity contribution < 1.29 is 17.9 Å². The van der Waals surface area contributed by atoms with Gasteiger partial charge in [0.2, 0.25) is 10.0 Å². The number of sulfonamides is 1. The van der Waals surface area contributed by atoms with Gasteiger partial charge in [-0.25, -0.2) is 8.42 Å². The lowest BCUT2D eigenvalue weighted by atomic mass is 10.3. The summed E-state index contributed by atoms with van der Waals surface area (Å²) in [7, 11) is 0.777. The van der Waals surface area contributed by atoms with Crippen LogP contribution in [0.2, 0.25) is 0 Å². The van der Waals surface area contributed by atoms with Crippen LogP contribution in [0, 0.1) is 0 Å². The van der Waals surface area contributed by atoms with E-state index in [-0.39, 0.29) is 17.2 Å². The highest BCUT2D eigenvalue weighted by Gasteiger charge is 2.25. The maximum absolute atomic E-state index is 12.7. The molecule has 6 nitrogen and oxygen atoms in total. The first kappa shape index (κ1) is 16.3. The van der Waals surface area contributed by atoms with Gasteiger partial charge >= 0.3 is 0 Å². The third-order valence-corrected chi connectivity index (χ3v) is 5.03. The van der Waals surface area contributed by atoms with Crippen LogP contribution in [0.4, 0.5) is 0 Å². The van der Waals surface area contributed by atoms with Gasteiger partial charge in [-0.1, -0.05) is 6.07 Å². The number of aromatic nitrogens is 1. The number of hydrogen-bond donors (Lipinski definition) is 0. The molecular formula is C15H18N2O4S. The van der Waals surface area contributed by atoms with Gasteiger partial charge in [-0.3, -0.25) is 4.98 Å². The summed E-state index contributed by atoms with van der Waals surface area (Å²) in [5.41, 5.74) is 0.807. The van der Waals surface area contributed by atoms with Crippen molar-refractivity contribution in [2.24, 2.45) is 0 Å². The second-order valence-corrected chi connectivity index (χ2v) is 6.65. The Labute approximate surface area is 130 Å². The predicted molar refractivity (Wildman–Crippen MR) is 82.4 cm³/mol. The minimum Gasteiger partial charge on any atom is -0.497 e. The molecular weight excluding hydrogens is 304 g/mol. The van der Waals surface area contributed by atoms with Crippen LogP contribution in [0.25, 0.3) is 0 Å². The molecule has 7 heteroatoms. The second kappa shape index (κ2) is 6.76. The van der Waals surface area contributed by atoms with E-state index in [1.165, 1.54) is 31.6 Å². The Morgan fingerprint density at radius 1 is 1.18 bits per heavy atom. The number of hydrogen-bond acceptors (Lipinski definition) is 5. The standard InChI is InChI=1S/C15H18N2O4S/c1-17(11-12-5-4-8-16-10-12)22(18,19)15-7-6-13(20-2)9-14(15)21-3/h4-10H,11H2,1-3H3. The van der Waals surface area contributed by atoms with Gasteiger partial charge in [-0.15, -0.1) is 0 Å². The molecule has 0 fully saturated rings. The summed E-state index contributed by atoms with van der Waals surface area (Å²) in [5, 5.41) is 0. The fourth-order valence-corrected chi connectivity index (χ4v) is 3.28. The smallest absolute Gasteiger partial charge is 0.246 e. The van der Waals surface area contributed by atoms with Crippen molar-refractivity contribution in [2.75, 3.05) is 21.3 Å². The van der Waals surface area contributed by atoms with Crippen LogP contribution in [0.1, 0.15) is 5.56 Å². The Hall–Kier alpha value is -2.12. The lowest BCUT2D eigenvalue weighted by Crippen LogP contribution is -2.27. The third kappa shape index (κ3) is 3.37. The Morgan fingerprint density at radius 3 is 2.55 bits per heavy atom. The van der Waals surface area contributed by atoms with E-state index in [0.717, 1.165) is 5.56 Å². The molecule has 0 unspecified atom stereocenters. The fourth-order valence-electron chi connectivity index (χ4n) is 1.99. The summed E-state index contributed by atoms with van der Waals surface area (Å²) in [6.45, 7) is 0.228. The number of nitrogens with zero attached hydrogens (tertiary/aromatic N) is 2. The van der Waals surface area contributed by atoms with Crippen molar-refractivity contribution in [3.63, 3.8) is 0 Å². The number of benzene rings is 1. The van der Waals surface area contributed by atoms with E-state index in [2.05, 4.69) is 4.98 Å². The summed E-state index contributed by atoms with van der Waals surface area (Å²) < 4.78 is 36.9. The molecule has 118 valence electrons. The normalized spacial score (nSPS) is 11.5. The lowest BCUT2D eigenvalue weighted by Gasteiger charge is -2.19. The Bertz CT molecular complexity index is 732. The first-order valence-corrected chi connectivity index (χ1v) is 8.00. The van der Waals surface area contributed by atoms with Crippen LogP contribution in [0.3, 0.4) is 0 Å². The molecule has 0 aliphatic carbocycles. The molecule has 0 saturated carbocycles. The SMILES string of the molecule is COc1ccc(S(=O)(=O)N(C)Cc2cccnc2)c(OC)c1. The second-order valence-electron chi connectivity index (χ2n) is 4.64. The minimum absolute atomic E-state index is 0.0993. The van der Waals surface area contributed by atoms with Gasteiger partial charge in [0, 0.05) is 32.1 Å². The summed E-state index contributed by atoms with van der Waals surface area (Å²) in [4.78, 5) is 4.09. The van der Waals surface area contributed by atoms with Crippen molar-refractivity contribution in [3.05, 3.63) is 48.3 Å². The highest BCUT2D eigenvalue weighted by Crippen LogP contribution is 2.30. The molecule has 2 rings (SSSR count). The highest BCUT2D eigenvalue weighted by molar-refractivity contribution is 7.89. The van der Waals surface area contributed by atoms with Gasteiger partial charge in [-0.2, -0.15) is 4.31 Å². The molecule has 1 heterocycles. The van der Waals surface area contributed by atoms with Crippen LogP contribution in [0.5, 0.6) is 11.5 Å². The van der Waals surface area contributed by atoms with Gasteiger partial charge in [-0.05, 0) is 23.8 Å². The molecule has 0 aliphatic heterocycles. The van der Waals surface area contributed by atoms with Crippen molar-refractivity contribution in [2.45, 2.75) is 11.4 Å². The molecule has 0 saturated heterocycles. The van der Waals surface area contributed by atoms with E-state index in [4.69, 9.17) is 9.47 Å². The minimum atomic E-state index is -3.68. The van der Waals surface area contributed by atoms with E-state index < -0.39 is 10.0 Å². The molecule has 22 heavy (non-hydrogen) atoms. The van der Waals surface area contributed by atoms with Gasteiger partial charge < -0.3 is 9.47 Å². The zero-order chi connectivity index (χ0) is 16.2. The van der Waals surface area contributed by atoms with Gasteiger partial charge in [0.25, 0.3) is 0 Å². The molecule has 0 spiro atoms. The highest BCUT2D eigenvalue weighted by atomic mass is 32.2. The number of pyridine rings is 1. The average molecular weight is 322 g/mol.